The molecule has 2 aromatic heterocycles. The fraction of sp³-hybridized carbons (Fsp3) is 0.348. The van der Waals surface area contributed by atoms with E-state index in [0.29, 0.717) is 29.6 Å². The van der Waals surface area contributed by atoms with Crippen LogP contribution in [-0.4, -0.2) is 52.0 Å². The SMILES string of the molecule is C[C@@H](NC(=O)[C@@H]1CC2(CC2)CN1C(=O)O)c1cc2cnccc2n1S(=O)(=O)c1ccccc1. The van der Waals surface area contributed by atoms with Crippen LogP contribution < -0.4 is 5.32 Å². The molecule has 5 rings (SSSR count). The van der Waals surface area contributed by atoms with Crippen LogP contribution in [0.25, 0.3) is 10.9 Å². The first-order chi connectivity index (χ1) is 15.7. The van der Waals surface area contributed by atoms with Gasteiger partial charge in [-0.05, 0) is 55.9 Å². The minimum Gasteiger partial charge on any atom is -0.465 e. The van der Waals surface area contributed by atoms with Crippen molar-refractivity contribution in [3.8, 4) is 0 Å². The Balaban J connectivity index is 1.51. The van der Waals surface area contributed by atoms with Gasteiger partial charge in [-0.1, -0.05) is 18.2 Å². The molecule has 1 aliphatic heterocycles. The number of nitrogens with one attached hydrogen (secondary N) is 1. The quantitative estimate of drug-likeness (QED) is 0.594. The Bertz CT molecular complexity index is 1350. The lowest BCUT2D eigenvalue weighted by atomic mass is 10.0. The topological polar surface area (TPSA) is 122 Å². The maximum atomic E-state index is 13.6. The van der Waals surface area contributed by atoms with Gasteiger partial charge in [-0.2, -0.15) is 0 Å². The van der Waals surface area contributed by atoms with E-state index in [9.17, 15) is 23.1 Å². The van der Waals surface area contributed by atoms with Gasteiger partial charge >= 0.3 is 6.09 Å². The monoisotopic (exact) mass is 468 g/mol. The standard InChI is InChI=1S/C23H24N4O5S/c1-15(25-21(28)20-12-23(8-9-23)14-26(20)22(29)30)19-11-16-13-24-10-7-18(16)27(19)33(31,32)17-5-3-2-4-6-17/h2-7,10-11,13,15,20H,8-9,12,14H2,1H3,(H,25,28)(H,29,30)/t15-,20+/m1/s1. The van der Waals surface area contributed by atoms with Gasteiger partial charge in [0.05, 0.1) is 22.1 Å². The summed E-state index contributed by atoms with van der Waals surface area (Å²) in [6, 6.07) is 9.93. The number of fused-ring (bicyclic) bond motifs is 1. The summed E-state index contributed by atoms with van der Waals surface area (Å²) in [5, 5.41) is 13.1. The third-order valence-electron chi connectivity index (χ3n) is 6.68. The Labute approximate surface area is 191 Å². The highest BCUT2D eigenvalue weighted by Gasteiger charge is 2.55. The molecule has 1 saturated heterocycles. The Hall–Kier alpha value is -3.40. The van der Waals surface area contributed by atoms with E-state index < -0.39 is 34.1 Å². The number of hydrogen-bond acceptors (Lipinski definition) is 5. The number of carbonyl (C=O) groups is 2. The predicted octanol–water partition coefficient (Wildman–Crippen LogP) is 2.98. The van der Waals surface area contributed by atoms with E-state index in [1.807, 2.05) is 0 Å². The van der Waals surface area contributed by atoms with Crippen LogP contribution in [0.1, 0.15) is 37.9 Å². The maximum absolute atomic E-state index is 13.6. The molecule has 3 aromatic rings. The summed E-state index contributed by atoms with van der Waals surface area (Å²) in [7, 11) is -3.95. The van der Waals surface area contributed by atoms with Crippen molar-refractivity contribution in [2.45, 2.75) is 43.2 Å². The molecule has 1 saturated carbocycles. The van der Waals surface area contributed by atoms with Crippen LogP contribution in [-0.2, 0) is 14.8 Å². The van der Waals surface area contributed by atoms with Crippen molar-refractivity contribution < 1.29 is 23.1 Å². The Morgan fingerprint density at radius 3 is 2.61 bits per heavy atom. The van der Waals surface area contributed by atoms with Gasteiger partial charge in [0.15, 0.2) is 0 Å². The van der Waals surface area contributed by atoms with Gasteiger partial charge in [-0.3, -0.25) is 14.7 Å². The zero-order valence-corrected chi connectivity index (χ0v) is 18.8. The van der Waals surface area contributed by atoms with Crippen LogP contribution in [0.2, 0.25) is 0 Å². The highest BCUT2D eigenvalue weighted by Crippen LogP contribution is 2.54. The fourth-order valence-corrected chi connectivity index (χ4v) is 6.36. The number of carbonyl (C=O) groups excluding carboxylic acids is 1. The molecule has 172 valence electrons. The number of likely N-dealkylation sites (tertiary alicyclic amines) is 1. The fourth-order valence-electron chi connectivity index (χ4n) is 4.73. The van der Waals surface area contributed by atoms with Crippen LogP contribution >= 0.6 is 0 Å². The Morgan fingerprint density at radius 1 is 1.21 bits per heavy atom. The molecule has 0 bridgehead atoms. The Morgan fingerprint density at radius 2 is 1.94 bits per heavy atom. The summed E-state index contributed by atoms with van der Waals surface area (Å²) < 4.78 is 28.3. The van der Waals surface area contributed by atoms with E-state index in [4.69, 9.17) is 0 Å². The number of pyridine rings is 1. The molecule has 2 amide bonds. The van der Waals surface area contributed by atoms with E-state index in [2.05, 4.69) is 10.3 Å². The molecule has 1 spiro atoms. The van der Waals surface area contributed by atoms with Crippen LogP contribution in [0.3, 0.4) is 0 Å². The number of amides is 2. The molecular weight excluding hydrogens is 444 g/mol. The number of hydrogen-bond donors (Lipinski definition) is 2. The second-order valence-electron chi connectivity index (χ2n) is 8.95. The predicted molar refractivity (Wildman–Crippen MR) is 120 cm³/mol. The van der Waals surface area contributed by atoms with Crippen molar-refractivity contribution in [2.24, 2.45) is 5.41 Å². The lowest BCUT2D eigenvalue weighted by Crippen LogP contribution is -2.46. The summed E-state index contributed by atoms with van der Waals surface area (Å²) in [6.07, 6.45) is 4.32. The van der Waals surface area contributed by atoms with Crippen LogP contribution in [0, 0.1) is 5.41 Å². The summed E-state index contributed by atoms with van der Waals surface area (Å²) in [5.74, 6) is -0.416. The molecule has 1 aliphatic carbocycles. The maximum Gasteiger partial charge on any atom is 0.407 e. The number of rotatable bonds is 5. The van der Waals surface area contributed by atoms with Gasteiger partial charge in [0.2, 0.25) is 5.91 Å². The third kappa shape index (κ3) is 3.64. The van der Waals surface area contributed by atoms with Gasteiger partial charge in [0, 0.05) is 24.3 Å². The van der Waals surface area contributed by atoms with Crippen LogP contribution in [0.4, 0.5) is 4.79 Å². The number of aromatic nitrogens is 2. The normalized spacial score (nSPS) is 20.2. The molecule has 0 unspecified atom stereocenters. The zero-order valence-electron chi connectivity index (χ0n) is 18.0. The van der Waals surface area contributed by atoms with Gasteiger partial charge < -0.3 is 10.4 Å². The zero-order chi connectivity index (χ0) is 23.4. The molecule has 0 radical (unpaired) electrons. The molecule has 1 aromatic carbocycles. The van der Waals surface area contributed by atoms with Crippen molar-refractivity contribution in [3.63, 3.8) is 0 Å². The van der Waals surface area contributed by atoms with E-state index in [-0.39, 0.29) is 10.3 Å². The largest absolute Gasteiger partial charge is 0.465 e. The van der Waals surface area contributed by atoms with Crippen molar-refractivity contribution in [1.29, 1.82) is 0 Å². The number of carboxylic acid groups (broad SMARTS) is 1. The summed E-state index contributed by atoms with van der Waals surface area (Å²) in [6.45, 7) is 2.06. The molecule has 2 atom stereocenters. The van der Waals surface area contributed by atoms with Crippen LogP contribution in [0.15, 0.2) is 59.8 Å². The highest BCUT2D eigenvalue weighted by atomic mass is 32.2. The third-order valence-corrected chi connectivity index (χ3v) is 8.44. The van der Waals surface area contributed by atoms with Gasteiger partial charge in [-0.25, -0.2) is 17.2 Å². The van der Waals surface area contributed by atoms with Gasteiger partial charge in [0.25, 0.3) is 10.0 Å². The van der Waals surface area contributed by atoms with E-state index in [1.165, 1.54) is 27.2 Å². The average Bonchev–Trinajstić information content (AvgIpc) is 3.26. The summed E-state index contributed by atoms with van der Waals surface area (Å²) in [4.78, 5) is 30.2. The second-order valence-corrected chi connectivity index (χ2v) is 10.7. The number of nitrogens with zero attached hydrogens (tertiary/aromatic N) is 3. The summed E-state index contributed by atoms with van der Waals surface area (Å²) >= 11 is 0. The van der Waals surface area contributed by atoms with E-state index >= 15 is 0 Å². The lowest BCUT2D eigenvalue weighted by Gasteiger charge is -2.24. The van der Waals surface area contributed by atoms with E-state index in [1.54, 1.807) is 43.5 Å². The molecule has 9 nitrogen and oxygen atoms in total. The van der Waals surface area contributed by atoms with Crippen molar-refractivity contribution >= 4 is 32.9 Å². The molecule has 2 fully saturated rings. The first-order valence-electron chi connectivity index (χ1n) is 10.8. The molecule has 3 heterocycles. The van der Waals surface area contributed by atoms with Crippen LogP contribution in [0.5, 0.6) is 0 Å². The van der Waals surface area contributed by atoms with Crippen molar-refractivity contribution in [2.75, 3.05) is 6.54 Å². The average molecular weight is 469 g/mol. The lowest BCUT2D eigenvalue weighted by molar-refractivity contribution is -0.125. The first kappa shape index (κ1) is 21.4. The first-order valence-corrected chi connectivity index (χ1v) is 12.2. The van der Waals surface area contributed by atoms with Gasteiger partial charge in [0.1, 0.15) is 6.04 Å². The molecular formula is C23H24N4O5S. The molecule has 2 N–H and O–H groups in total. The summed E-state index contributed by atoms with van der Waals surface area (Å²) in [5.41, 5.74) is 0.743. The van der Waals surface area contributed by atoms with E-state index in [0.717, 1.165) is 12.8 Å². The van der Waals surface area contributed by atoms with Crippen molar-refractivity contribution in [3.05, 3.63) is 60.6 Å². The minimum atomic E-state index is -3.95. The molecule has 33 heavy (non-hydrogen) atoms. The molecule has 2 aliphatic rings. The second kappa shape index (κ2) is 7.58. The number of benzene rings is 1. The Kier molecular flexibility index (Phi) is 4.93. The molecule has 10 heteroatoms. The van der Waals surface area contributed by atoms with Crippen molar-refractivity contribution in [1.82, 2.24) is 19.2 Å². The minimum absolute atomic E-state index is 0.0825. The smallest absolute Gasteiger partial charge is 0.407 e. The highest BCUT2D eigenvalue weighted by molar-refractivity contribution is 7.90. The van der Waals surface area contributed by atoms with Gasteiger partial charge in [-0.15, -0.1) is 0 Å².